The van der Waals surface area contributed by atoms with Crippen molar-refractivity contribution in [3.63, 3.8) is 0 Å². The molecule has 2 rings (SSSR count). The van der Waals surface area contributed by atoms with Gasteiger partial charge in [-0.2, -0.15) is 0 Å². The zero-order valence-corrected chi connectivity index (χ0v) is 15.0. The summed E-state index contributed by atoms with van der Waals surface area (Å²) < 4.78 is 6.95. The van der Waals surface area contributed by atoms with Crippen molar-refractivity contribution in [2.75, 3.05) is 6.54 Å². The molecule has 2 aromatic rings. The predicted molar refractivity (Wildman–Crippen MR) is 94.3 cm³/mol. The predicted octanol–water partition coefficient (Wildman–Crippen LogP) is 5.02. The first-order chi connectivity index (χ1) is 10.2. The monoisotopic (exact) mass is 367 g/mol. The summed E-state index contributed by atoms with van der Waals surface area (Å²) in [4.78, 5) is 1.23. The van der Waals surface area contributed by atoms with Crippen LogP contribution in [0.15, 0.2) is 40.2 Å². The summed E-state index contributed by atoms with van der Waals surface area (Å²) in [6.45, 7) is 6.05. The van der Waals surface area contributed by atoms with E-state index in [0.717, 1.165) is 28.9 Å². The highest BCUT2D eigenvalue weighted by Gasteiger charge is 2.02. The van der Waals surface area contributed by atoms with E-state index in [-0.39, 0.29) is 0 Å². The molecule has 2 nitrogen and oxygen atoms in total. The van der Waals surface area contributed by atoms with Crippen molar-refractivity contribution in [3.8, 4) is 5.75 Å². The van der Waals surface area contributed by atoms with Gasteiger partial charge < -0.3 is 10.1 Å². The molecule has 0 saturated heterocycles. The molecule has 0 aliphatic carbocycles. The lowest BCUT2D eigenvalue weighted by molar-refractivity contribution is 0.309. The number of benzene rings is 1. The van der Waals surface area contributed by atoms with E-state index in [1.165, 1.54) is 10.4 Å². The third-order valence-electron chi connectivity index (χ3n) is 3.35. The summed E-state index contributed by atoms with van der Waals surface area (Å²) in [5.74, 6) is 0.933. The van der Waals surface area contributed by atoms with E-state index < -0.39 is 0 Å². The van der Waals surface area contributed by atoms with Crippen molar-refractivity contribution >= 4 is 27.3 Å². The van der Waals surface area contributed by atoms with E-state index in [4.69, 9.17) is 4.74 Å². The van der Waals surface area contributed by atoms with Gasteiger partial charge in [-0.05, 0) is 72.1 Å². The van der Waals surface area contributed by atoms with E-state index >= 15 is 0 Å². The highest BCUT2D eigenvalue weighted by atomic mass is 79.9. The minimum absolute atomic E-state index is 0.572. The average Bonchev–Trinajstić information content (AvgIpc) is 2.90. The van der Waals surface area contributed by atoms with Gasteiger partial charge in [0, 0.05) is 10.9 Å². The maximum atomic E-state index is 5.80. The molecule has 0 saturated carbocycles. The molecule has 1 heterocycles. The Morgan fingerprint density at radius 2 is 1.95 bits per heavy atom. The highest BCUT2D eigenvalue weighted by Crippen LogP contribution is 2.23. The molecule has 1 aromatic carbocycles. The molecule has 0 aliphatic heterocycles. The summed E-state index contributed by atoms with van der Waals surface area (Å²) in [5, 5.41) is 3.44. The van der Waals surface area contributed by atoms with Crippen LogP contribution in [0.25, 0.3) is 0 Å². The van der Waals surface area contributed by atoms with Gasteiger partial charge in [0.1, 0.15) is 12.4 Å². The van der Waals surface area contributed by atoms with Crippen LogP contribution in [0.2, 0.25) is 0 Å². The maximum absolute atomic E-state index is 5.80. The van der Waals surface area contributed by atoms with Crippen LogP contribution in [0.3, 0.4) is 0 Å². The minimum atomic E-state index is 0.572. The fourth-order valence-corrected chi connectivity index (χ4v) is 3.57. The van der Waals surface area contributed by atoms with Gasteiger partial charge in [-0.1, -0.05) is 19.1 Å². The smallest absolute Gasteiger partial charge is 0.122 e. The first-order valence-corrected chi connectivity index (χ1v) is 8.97. The summed E-state index contributed by atoms with van der Waals surface area (Å²) in [5.41, 5.74) is 1.37. The molecule has 0 spiro atoms. The van der Waals surface area contributed by atoms with Gasteiger partial charge in [-0.25, -0.2) is 0 Å². The summed E-state index contributed by atoms with van der Waals surface area (Å²) in [6.07, 6.45) is 2.27. The van der Waals surface area contributed by atoms with Crippen LogP contribution in [0.1, 0.15) is 30.7 Å². The Morgan fingerprint density at radius 3 is 2.57 bits per heavy atom. The largest absolute Gasteiger partial charge is 0.488 e. The summed E-state index contributed by atoms with van der Waals surface area (Å²) >= 11 is 5.18. The second-order valence-corrected chi connectivity index (χ2v) is 7.68. The van der Waals surface area contributed by atoms with E-state index in [0.29, 0.717) is 12.6 Å². The molecule has 1 N–H and O–H groups in total. The third-order valence-corrected chi connectivity index (χ3v) is 4.95. The first kappa shape index (κ1) is 16.5. The standard InChI is InChI=1S/C17H22BrNOS/c1-3-19-13(2)4-5-14-6-8-15(9-7-14)20-12-16-10-11-17(18)21-16/h6-11,13,19H,3-5,12H2,1-2H3. The molecule has 4 heteroatoms. The van der Waals surface area contributed by atoms with Crippen molar-refractivity contribution in [2.45, 2.75) is 39.3 Å². The number of rotatable bonds is 8. The van der Waals surface area contributed by atoms with Crippen LogP contribution < -0.4 is 10.1 Å². The topological polar surface area (TPSA) is 21.3 Å². The second-order valence-electron chi connectivity index (χ2n) is 5.14. The molecule has 0 amide bonds. The van der Waals surface area contributed by atoms with Crippen LogP contribution in [-0.2, 0) is 13.0 Å². The van der Waals surface area contributed by atoms with Gasteiger partial charge in [0.2, 0.25) is 0 Å². The van der Waals surface area contributed by atoms with E-state index in [2.05, 4.69) is 71.5 Å². The average molecular weight is 368 g/mol. The molecule has 0 fully saturated rings. The Kier molecular flexibility index (Phi) is 6.74. The minimum Gasteiger partial charge on any atom is -0.488 e. The fourth-order valence-electron chi connectivity index (χ4n) is 2.17. The number of hydrogen-bond acceptors (Lipinski definition) is 3. The number of ether oxygens (including phenoxy) is 1. The summed E-state index contributed by atoms with van der Waals surface area (Å²) in [7, 11) is 0. The Hall–Kier alpha value is -0.840. The highest BCUT2D eigenvalue weighted by molar-refractivity contribution is 9.11. The van der Waals surface area contributed by atoms with Crippen LogP contribution >= 0.6 is 27.3 Å². The third kappa shape index (κ3) is 5.81. The van der Waals surface area contributed by atoms with Crippen LogP contribution in [-0.4, -0.2) is 12.6 Å². The molecule has 1 unspecified atom stereocenters. The van der Waals surface area contributed by atoms with Gasteiger partial charge >= 0.3 is 0 Å². The zero-order valence-electron chi connectivity index (χ0n) is 12.6. The molecular formula is C17H22BrNOS. The molecule has 0 bridgehead atoms. The SMILES string of the molecule is CCNC(C)CCc1ccc(OCc2ccc(Br)s2)cc1. The Morgan fingerprint density at radius 1 is 1.19 bits per heavy atom. The van der Waals surface area contributed by atoms with Crippen molar-refractivity contribution in [1.82, 2.24) is 5.32 Å². The van der Waals surface area contributed by atoms with E-state index in [9.17, 15) is 0 Å². The Bertz CT molecular complexity index is 538. The van der Waals surface area contributed by atoms with Crippen molar-refractivity contribution in [1.29, 1.82) is 0 Å². The molecule has 0 radical (unpaired) electrons. The number of thiophene rings is 1. The lowest BCUT2D eigenvalue weighted by atomic mass is 10.1. The van der Waals surface area contributed by atoms with Crippen molar-refractivity contribution in [3.05, 3.63) is 50.6 Å². The van der Waals surface area contributed by atoms with Gasteiger partial charge in [0.05, 0.1) is 3.79 Å². The Balaban J connectivity index is 1.78. The van der Waals surface area contributed by atoms with Gasteiger partial charge in [-0.3, -0.25) is 0 Å². The molecule has 1 aromatic heterocycles. The number of hydrogen-bond donors (Lipinski definition) is 1. The van der Waals surface area contributed by atoms with Crippen LogP contribution in [0, 0.1) is 0 Å². The number of nitrogens with one attached hydrogen (secondary N) is 1. The van der Waals surface area contributed by atoms with Gasteiger partial charge in [0.25, 0.3) is 0 Å². The zero-order chi connectivity index (χ0) is 15.1. The fraction of sp³-hybridized carbons (Fsp3) is 0.412. The normalized spacial score (nSPS) is 12.3. The van der Waals surface area contributed by atoms with Gasteiger partial charge in [0.15, 0.2) is 0 Å². The van der Waals surface area contributed by atoms with Crippen LogP contribution in [0.5, 0.6) is 5.75 Å². The second kappa shape index (κ2) is 8.57. The molecular weight excluding hydrogens is 346 g/mol. The lowest BCUT2D eigenvalue weighted by Crippen LogP contribution is -2.25. The molecule has 21 heavy (non-hydrogen) atoms. The molecule has 0 aliphatic rings. The van der Waals surface area contributed by atoms with Crippen LogP contribution in [0.4, 0.5) is 0 Å². The number of halogens is 1. The lowest BCUT2D eigenvalue weighted by Gasteiger charge is -2.12. The van der Waals surface area contributed by atoms with E-state index in [1.54, 1.807) is 11.3 Å². The maximum Gasteiger partial charge on any atom is 0.122 e. The Labute approximate surface area is 139 Å². The van der Waals surface area contributed by atoms with Crippen molar-refractivity contribution < 1.29 is 4.74 Å². The number of aryl methyl sites for hydroxylation is 1. The molecule has 114 valence electrons. The van der Waals surface area contributed by atoms with Gasteiger partial charge in [-0.15, -0.1) is 11.3 Å². The summed E-state index contributed by atoms with van der Waals surface area (Å²) in [6, 6.07) is 13.2. The van der Waals surface area contributed by atoms with E-state index in [1.807, 2.05) is 0 Å². The quantitative estimate of drug-likeness (QED) is 0.706. The van der Waals surface area contributed by atoms with Crippen molar-refractivity contribution in [2.24, 2.45) is 0 Å². The first-order valence-electron chi connectivity index (χ1n) is 7.36. The molecule has 1 atom stereocenters.